The molecule has 0 aromatic carbocycles. The van der Waals surface area contributed by atoms with Gasteiger partial charge in [0.05, 0.1) is 6.04 Å². The van der Waals surface area contributed by atoms with Crippen LogP contribution in [0.3, 0.4) is 0 Å². The molecule has 0 aromatic heterocycles. The van der Waals surface area contributed by atoms with Crippen molar-refractivity contribution < 1.29 is 24.3 Å². The molecule has 160 valence electrons. The number of rotatable bonds is 11. The third kappa shape index (κ3) is 6.95. The van der Waals surface area contributed by atoms with Crippen LogP contribution in [-0.2, 0) is 19.2 Å². The lowest BCUT2D eigenvalue weighted by atomic mass is 10.1. The summed E-state index contributed by atoms with van der Waals surface area (Å²) in [6.07, 6.45) is 2.89. The maximum Gasteiger partial charge on any atom is 0.326 e. The SMILES string of the molecule is CC(NC(=O)C(CS)NC(=O)C(N)CCCCN)C(=O)N1CCCC1C(=O)O. The van der Waals surface area contributed by atoms with Crippen LogP contribution < -0.4 is 22.1 Å². The number of nitrogens with zero attached hydrogens (tertiary/aromatic N) is 1. The van der Waals surface area contributed by atoms with Crippen LogP contribution in [0.25, 0.3) is 0 Å². The van der Waals surface area contributed by atoms with Crippen molar-refractivity contribution in [1.82, 2.24) is 15.5 Å². The van der Waals surface area contributed by atoms with E-state index in [2.05, 4.69) is 23.3 Å². The van der Waals surface area contributed by atoms with E-state index in [0.717, 1.165) is 6.42 Å². The Labute approximate surface area is 170 Å². The van der Waals surface area contributed by atoms with Gasteiger partial charge in [-0.2, -0.15) is 12.6 Å². The molecule has 1 aliphatic rings. The van der Waals surface area contributed by atoms with Crippen molar-refractivity contribution in [3.05, 3.63) is 0 Å². The molecule has 0 radical (unpaired) electrons. The van der Waals surface area contributed by atoms with Gasteiger partial charge in [0.25, 0.3) is 0 Å². The number of unbranched alkanes of at least 4 members (excludes halogenated alkanes) is 1. The minimum absolute atomic E-state index is 0.0233. The topological polar surface area (TPSA) is 168 Å². The van der Waals surface area contributed by atoms with Gasteiger partial charge in [-0.05, 0) is 39.2 Å². The number of carbonyl (C=O) groups excluding carboxylic acids is 3. The maximum atomic E-state index is 12.5. The minimum Gasteiger partial charge on any atom is -0.480 e. The van der Waals surface area contributed by atoms with Gasteiger partial charge in [-0.25, -0.2) is 4.79 Å². The van der Waals surface area contributed by atoms with E-state index in [1.807, 2.05) is 0 Å². The molecule has 1 aliphatic heterocycles. The summed E-state index contributed by atoms with van der Waals surface area (Å²) < 4.78 is 0. The van der Waals surface area contributed by atoms with Gasteiger partial charge in [-0.15, -0.1) is 0 Å². The molecule has 0 saturated carbocycles. The van der Waals surface area contributed by atoms with E-state index < -0.39 is 47.9 Å². The number of nitrogens with one attached hydrogen (secondary N) is 2. The molecule has 1 fully saturated rings. The quantitative estimate of drug-likeness (QED) is 0.174. The van der Waals surface area contributed by atoms with Crippen LogP contribution in [0.15, 0.2) is 0 Å². The molecule has 10 nitrogen and oxygen atoms in total. The molecular formula is C17H31N5O5S. The summed E-state index contributed by atoms with van der Waals surface area (Å²) in [4.78, 5) is 49.5. The second kappa shape index (κ2) is 11.9. The number of thiol groups is 1. The van der Waals surface area contributed by atoms with Gasteiger partial charge in [0.15, 0.2) is 0 Å². The van der Waals surface area contributed by atoms with Crippen molar-refractivity contribution in [2.24, 2.45) is 11.5 Å². The van der Waals surface area contributed by atoms with E-state index >= 15 is 0 Å². The van der Waals surface area contributed by atoms with E-state index in [4.69, 9.17) is 11.5 Å². The predicted molar refractivity (Wildman–Crippen MR) is 107 cm³/mol. The molecule has 1 heterocycles. The first kappa shape index (κ1) is 24.2. The highest BCUT2D eigenvalue weighted by Crippen LogP contribution is 2.18. The number of aliphatic carboxylic acids is 1. The van der Waals surface area contributed by atoms with Crippen molar-refractivity contribution >= 4 is 36.3 Å². The van der Waals surface area contributed by atoms with Crippen molar-refractivity contribution in [3.63, 3.8) is 0 Å². The fourth-order valence-electron chi connectivity index (χ4n) is 3.02. The Bertz CT molecular complexity index is 576. The number of hydrogen-bond acceptors (Lipinski definition) is 7. The number of carboxylic acids is 1. The van der Waals surface area contributed by atoms with E-state index in [1.54, 1.807) is 0 Å². The van der Waals surface area contributed by atoms with Crippen molar-refractivity contribution in [2.45, 2.75) is 63.2 Å². The van der Waals surface area contributed by atoms with Gasteiger partial charge in [-0.1, -0.05) is 6.42 Å². The molecule has 28 heavy (non-hydrogen) atoms. The van der Waals surface area contributed by atoms with Crippen LogP contribution in [0.2, 0.25) is 0 Å². The molecule has 0 bridgehead atoms. The molecule has 4 atom stereocenters. The second-order valence-electron chi connectivity index (χ2n) is 6.89. The number of hydrogen-bond donors (Lipinski definition) is 6. The van der Waals surface area contributed by atoms with E-state index in [-0.39, 0.29) is 5.75 Å². The van der Waals surface area contributed by atoms with Gasteiger partial charge in [-0.3, -0.25) is 14.4 Å². The highest BCUT2D eigenvalue weighted by molar-refractivity contribution is 7.80. The molecule has 7 N–H and O–H groups in total. The molecule has 4 unspecified atom stereocenters. The smallest absolute Gasteiger partial charge is 0.326 e. The molecule has 3 amide bonds. The van der Waals surface area contributed by atoms with Gasteiger partial charge >= 0.3 is 5.97 Å². The van der Waals surface area contributed by atoms with Crippen LogP contribution in [-0.4, -0.2) is 76.7 Å². The third-order valence-electron chi connectivity index (χ3n) is 4.67. The lowest BCUT2D eigenvalue weighted by Crippen LogP contribution is -2.56. The molecular weight excluding hydrogens is 386 g/mol. The molecule has 0 aliphatic carbocycles. The summed E-state index contributed by atoms with van der Waals surface area (Å²) >= 11 is 4.08. The zero-order valence-corrected chi connectivity index (χ0v) is 17.0. The Morgan fingerprint density at radius 1 is 1.21 bits per heavy atom. The highest BCUT2D eigenvalue weighted by atomic mass is 32.1. The summed E-state index contributed by atoms with van der Waals surface area (Å²) in [6.45, 7) is 2.33. The summed E-state index contributed by atoms with van der Waals surface area (Å²) in [5.41, 5.74) is 11.2. The largest absolute Gasteiger partial charge is 0.480 e. The number of amides is 3. The molecule has 0 spiro atoms. The van der Waals surface area contributed by atoms with Crippen LogP contribution >= 0.6 is 12.6 Å². The zero-order valence-electron chi connectivity index (χ0n) is 16.1. The monoisotopic (exact) mass is 417 g/mol. The molecule has 0 aromatic rings. The zero-order chi connectivity index (χ0) is 21.3. The van der Waals surface area contributed by atoms with Crippen LogP contribution in [0.4, 0.5) is 0 Å². The average Bonchev–Trinajstić information content (AvgIpc) is 3.15. The lowest BCUT2D eigenvalue weighted by Gasteiger charge is -2.26. The summed E-state index contributed by atoms with van der Waals surface area (Å²) in [6, 6.07) is -3.52. The number of nitrogens with two attached hydrogens (primary N) is 2. The Morgan fingerprint density at radius 2 is 1.89 bits per heavy atom. The highest BCUT2D eigenvalue weighted by Gasteiger charge is 2.36. The normalized spacial score (nSPS) is 19.6. The fourth-order valence-corrected chi connectivity index (χ4v) is 3.28. The van der Waals surface area contributed by atoms with Crippen LogP contribution in [0.5, 0.6) is 0 Å². The predicted octanol–water partition coefficient (Wildman–Crippen LogP) is -1.56. The van der Waals surface area contributed by atoms with E-state index in [9.17, 15) is 24.3 Å². The lowest BCUT2D eigenvalue weighted by molar-refractivity contribution is -0.149. The van der Waals surface area contributed by atoms with Gasteiger partial charge in [0.1, 0.15) is 18.1 Å². The van der Waals surface area contributed by atoms with Crippen molar-refractivity contribution in [2.75, 3.05) is 18.8 Å². The Balaban J connectivity index is 2.59. The van der Waals surface area contributed by atoms with E-state index in [0.29, 0.717) is 38.8 Å². The summed E-state index contributed by atoms with van der Waals surface area (Å²) in [7, 11) is 0. The minimum atomic E-state index is -1.06. The van der Waals surface area contributed by atoms with Crippen LogP contribution in [0.1, 0.15) is 39.0 Å². The third-order valence-corrected chi connectivity index (χ3v) is 5.04. The standard InChI is InChI=1S/C17H31N5O5S/c1-10(16(25)22-8-4-6-13(22)17(26)27)20-15(24)12(9-28)21-14(23)11(19)5-2-3-7-18/h10-13,28H,2-9,18-19H2,1H3,(H,20,24)(H,21,23)(H,26,27). The Kier molecular flexibility index (Phi) is 10.3. The van der Waals surface area contributed by atoms with Gasteiger partial charge in [0.2, 0.25) is 17.7 Å². The van der Waals surface area contributed by atoms with Gasteiger partial charge < -0.3 is 32.1 Å². The summed E-state index contributed by atoms with van der Waals surface area (Å²) in [5.74, 6) is -2.57. The fraction of sp³-hybridized carbons (Fsp3) is 0.765. The van der Waals surface area contributed by atoms with Gasteiger partial charge in [0, 0.05) is 12.3 Å². The number of carboxylic acid groups (broad SMARTS) is 1. The maximum absolute atomic E-state index is 12.5. The molecule has 1 saturated heterocycles. The molecule has 1 rings (SSSR count). The van der Waals surface area contributed by atoms with Crippen molar-refractivity contribution in [1.29, 1.82) is 0 Å². The summed E-state index contributed by atoms with van der Waals surface area (Å²) in [5, 5.41) is 14.2. The number of likely N-dealkylation sites (tertiary alicyclic amines) is 1. The first-order chi connectivity index (χ1) is 13.2. The first-order valence-corrected chi connectivity index (χ1v) is 10.1. The Hall–Kier alpha value is -1.85. The van der Waals surface area contributed by atoms with Crippen LogP contribution in [0, 0.1) is 0 Å². The van der Waals surface area contributed by atoms with Crippen molar-refractivity contribution in [3.8, 4) is 0 Å². The average molecular weight is 418 g/mol. The van der Waals surface area contributed by atoms with E-state index in [1.165, 1.54) is 11.8 Å². The first-order valence-electron chi connectivity index (χ1n) is 9.43. The second-order valence-corrected chi connectivity index (χ2v) is 7.26. The number of carbonyl (C=O) groups is 4. The Morgan fingerprint density at radius 3 is 2.46 bits per heavy atom. The molecule has 11 heteroatoms.